The SMILES string of the molecule is Cc1cc(C)cc(NC(=O)NCC(c2cn(C)c3ccccc23)N(C)C)c1. The molecule has 0 aliphatic carbocycles. The third kappa shape index (κ3) is 4.31. The molecular formula is C22H28N4O. The zero-order valence-corrected chi connectivity index (χ0v) is 16.7. The van der Waals surface area contributed by atoms with Crippen molar-refractivity contribution in [3.8, 4) is 0 Å². The number of para-hydroxylation sites is 1. The molecule has 2 aromatic carbocycles. The van der Waals surface area contributed by atoms with Crippen LogP contribution in [0.5, 0.6) is 0 Å². The van der Waals surface area contributed by atoms with Crippen LogP contribution in [0.25, 0.3) is 10.9 Å². The van der Waals surface area contributed by atoms with Crippen LogP contribution >= 0.6 is 0 Å². The highest BCUT2D eigenvalue weighted by molar-refractivity contribution is 5.89. The van der Waals surface area contributed by atoms with Crippen molar-refractivity contribution in [2.75, 3.05) is 26.0 Å². The van der Waals surface area contributed by atoms with Crippen LogP contribution in [0.2, 0.25) is 0 Å². The minimum atomic E-state index is -0.188. The number of hydrogen-bond acceptors (Lipinski definition) is 2. The maximum Gasteiger partial charge on any atom is 0.319 e. The van der Waals surface area contributed by atoms with Gasteiger partial charge in [-0.05, 0) is 62.8 Å². The van der Waals surface area contributed by atoms with E-state index in [-0.39, 0.29) is 12.1 Å². The molecular weight excluding hydrogens is 336 g/mol. The Morgan fingerprint density at radius 2 is 1.78 bits per heavy atom. The Balaban J connectivity index is 1.74. The summed E-state index contributed by atoms with van der Waals surface area (Å²) >= 11 is 0. The van der Waals surface area contributed by atoms with E-state index < -0.39 is 0 Å². The molecule has 0 spiro atoms. The van der Waals surface area contributed by atoms with Gasteiger partial charge in [-0.1, -0.05) is 24.3 Å². The van der Waals surface area contributed by atoms with Gasteiger partial charge >= 0.3 is 6.03 Å². The molecule has 0 fully saturated rings. The summed E-state index contributed by atoms with van der Waals surface area (Å²) in [5.41, 5.74) is 5.49. The van der Waals surface area contributed by atoms with Crippen LogP contribution in [0.3, 0.4) is 0 Å². The molecule has 142 valence electrons. The van der Waals surface area contributed by atoms with Crippen molar-refractivity contribution >= 4 is 22.6 Å². The number of carbonyl (C=O) groups is 1. The first-order chi connectivity index (χ1) is 12.8. The number of rotatable bonds is 5. The minimum Gasteiger partial charge on any atom is -0.350 e. The number of anilines is 1. The second kappa shape index (κ2) is 7.84. The number of nitrogens with zero attached hydrogens (tertiary/aromatic N) is 2. The standard InChI is InChI=1S/C22H28N4O/c1-15-10-16(2)12-17(11-15)24-22(27)23-13-21(25(3)4)19-14-26(5)20-9-7-6-8-18(19)20/h6-12,14,21H,13H2,1-5H3,(H2,23,24,27). The molecule has 0 saturated carbocycles. The molecule has 5 heteroatoms. The lowest BCUT2D eigenvalue weighted by atomic mass is 10.0. The van der Waals surface area contributed by atoms with Gasteiger partial charge in [-0.25, -0.2) is 4.79 Å². The van der Waals surface area contributed by atoms with E-state index in [9.17, 15) is 4.79 Å². The second-order valence-corrected chi connectivity index (χ2v) is 7.40. The van der Waals surface area contributed by atoms with Crippen LogP contribution in [-0.4, -0.2) is 36.1 Å². The largest absolute Gasteiger partial charge is 0.350 e. The summed E-state index contributed by atoms with van der Waals surface area (Å²) in [7, 11) is 6.13. The Labute approximate surface area is 161 Å². The number of urea groups is 1. The molecule has 1 unspecified atom stereocenters. The van der Waals surface area contributed by atoms with E-state index in [0.717, 1.165) is 16.8 Å². The number of likely N-dealkylation sites (N-methyl/N-ethyl adjacent to an activating group) is 1. The third-order valence-electron chi connectivity index (χ3n) is 4.85. The normalized spacial score (nSPS) is 12.4. The van der Waals surface area contributed by atoms with E-state index in [1.807, 2.05) is 46.1 Å². The summed E-state index contributed by atoms with van der Waals surface area (Å²) in [5.74, 6) is 0. The zero-order valence-electron chi connectivity index (χ0n) is 16.7. The first kappa shape index (κ1) is 19.0. The van der Waals surface area contributed by atoms with Crippen LogP contribution in [0.1, 0.15) is 22.7 Å². The molecule has 0 aliphatic rings. The fraction of sp³-hybridized carbons (Fsp3) is 0.318. The fourth-order valence-electron chi connectivity index (χ4n) is 3.62. The average Bonchev–Trinajstić information content (AvgIpc) is 2.91. The average molecular weight is 364 g/mol. The molecule has 3 aromatic rings. The number of amides is 2. The summed E-state index contributed by atoms with van der Waals surface area (Å²) in [6, 6.07) is 14.3. The van der Waals surface area contributed by atoms with E-state index in [2.05, 4.69) is 57.6 Å². The topological polar surface area (TPSA) is 49.3 Å². The third-order valence-corrected chi connectivity index (χ3v) is 4.85. The van der Waals surface area contributed by atoms with Gasteiger partial charge < -0.3 is 20.1 Å². The quantitative estimate of drug-likeness (QED) is 0.712. The monoisotopic (exact) mass is 364 g/mol. The lowest BCUT2D eigenvalue weighted by Crippen LogP contribution is -2.36. The van der Waals surface area contributed by atoms with Crippen molar-refractivity contribution in [2.24, 2.45) is 7.05 Å². The number of carbonyl (C=O) groups excluding carboxylic acids is 1. The van der Waals surface area contributed by atoms with E-state index in [4.69, 9.17) is 0 Å². The Hall–Kier alpha value is -2.79. The highest BCUT2D eigenvalue weighted by Crippen LogP contribution is 2.28. The predicted molar refractivity (Wildman–Crippen MR) is 112 cm³/mol. The maximum absolute atomic E-state index is 12.4. The molecule has 0 radical (unpaired) electrons. The van der Waals surface area contributed by atoms with Crippen molar-refractivity contribution in [1.82, 2.24) is 14.8 Å². The molecule has 0 saturated heterocycles. The maximum atomic E-state index is 12.4. The molecule has 27 heavy (non-hydrogen) atoms. The van der Waals surface area contributed by atoms with E-state index in [1.165, 1.54) is 16.5 Å². The van der Waals surface area contributed by atoms with Gasteiger partial charge in [0, 0.05) is 36.4 Å². The lowest BCUT2D eigenvalue weighted by molar-refractivity contribution is 0.243. The molecule has 0 bridgehead atoms. The van der Waals surface area contributed by atoms with Crippen molar-refractivity contribution < 1.29 is 4.79 Å². The Kier molecular flexibility index (Phi) is 5.51. The summed E-state index contributed by atoms with van der Waals surface area (Å²) in [6.07, 6.45) is 2.15. The van der Waals surface area contributed by atoms with E-state index in [0.29, 0.717) is 6.54 Å². The van der Waals surface area contributed by atoms with Crippen LogP contribution < -0.4 is 10.6 Å². The minimum absolute atomic E-state index is 0.0843. The van der Waals surface area contributed by atoms with Crippen molar-refractivity contribution in [3.63, 3.8) is 0 Å². The molecule has 0 aliphatic heterocycles. The van der Waals surface area contributed by atoms with Gasteiger partial charge in [0.1, 0.15) is 0 Å². The van der Waals surface area contributed by atoms with Gasteiger partial charge in [0.15, 0.2) is 0 Å². The molecule has 2 amide bonds. The number of hydrogen-bond donors (Lipinski definition) is 2. The Bertz CT molecular complexity index is 938. The van der Waals surface area contributed by atoms with Gasteiger partial charge in [-0.2, -0.15) is 0 Å². The number of benzene rings is 2. The molecule has 1 aromatic heterocycles. The van der Waals surface area contributed by atoms with Crippen LogP contribution in [0, 0.1) is 13.8 Å². The first-order valence-electron chi connectivity index (χ1n) is 9.18. The number of aryl methyl sites for hydroxylation is 3. The van der Waals surface area contributed by atoms with E-state index in [1.54, 1.807) is 0 Å². The van der Waals surface area contributed by atoms with Gasteiger partial charge in [0.25, 0.3) is 0 Å². The Morgan fingerprint density at radius 3 is 2.44 bits per heavy atom. The molecule has 2 N–H and O–H groups in total. The summed E-state index contributed by atoms with van der Waals surface area (Å²) in [6.45, 7) is 4.58. The van der Waals surface area contributed by atoms with Gasteiger partial charge in [0.2, 0.25) is 0 Å². The van der Waals surface area contributed by atoms with Crippen molar-refractivity contribution in [2.45, 2.75) is 19.9 Å². The van der Waals surface area contributed by atoms with Gasteiger partial charge in [-0.3, -0.25) is 0 Å². The van der Waals surface area contributed by atoms with E-state index >= 15 is 0 Å². The molecule has 1 heterocycles. The number of nitrogens with one attached hydrogen (secondary N) is 2. The Morgan fingerprint density at radius 1 is 1.11 bits per heavy atom. The van der Waals surface area contributed by atoms with Crippen molar-refractivity contribution in [3.05, 3.63) is 65.4 Å². The molecule has 3 rings (SSSR count). The van der Waals surface area contributed by atoms with Crippen LogP contribution in [-0.2, 0) is 7.05 Å². The second-order valence-electron chi connectivity index (χ2n) is 7.40. The number of fused-ring (bicyclic) bond motifs is 1. The first-order valence-corrected chi connectivity index (χ1v) is 9.18. The fourth-order valence-corrected chi connectivity index (χ4v) is 3.62. The smallest absolute Gasteiger partial charge is 0.319 e. The van der Waals surface area contributed by atoms with Crippen LogP contribution in [0.15, 0.2) is 48.7 Å². The highest BCUT2D eigenvalue weighted by Gasteiger charge is 2.20. The van der Waals surface area contributed by atoms with Crippen molar-refractivity contribution in [1.29, 1.82) is 0 Å². The summed E-state index contributed by atoms with van der Waals surface area (Å²) < 4.78 is 2.14. The number of aromatic nitrogens is 1. The predicted octanol–water partition coefficient (Wildman–Crippen LogP) is 4.22. The molecule has 5 nitrogen and oxygen atoms in total. The lowest BCUT2D eigenvalue weighted by Gasteiger charge is -2.24. The summed E-state index contributed by atoms with van der Waals surface area (Å²) in [5, 5.41) is 7.18. The zero-order chi connectivity index (χ0) is 19.6. The van der Waals surface area contributed by atoms with Gasteiger partial charge in [0.05, 0.1) is 6.04 Å². The van der Waals surface area contributed by atoms with Gasteiger partial charge in [-0.15, -0.1) is 0 Å². The summed E-state index contributed by atoms with van der Waals surface area (Å²) in [4.78, 5) is 14.6. The highest BCUT2D eigenvalue weighted by atomic mass is 16.2. The molecule has 1 atom stereocenters. The van der Waals surface area contributed by atoms with Crippen LogP contribution in [0.4, 0.5) is 10.5 Å².